The molecule has 0 aliphatic carbocycles. The third kappa shape index (κ3) is 3.31. The van der Waals surface area contributed by atoms with Crippen LogP contribution in [0.3, 0.4) is 0 Å². The number of sulfone groups is 1. The first-order chi connectivity index (χ1) is 7.24. The summed E-state index contributed by atoms with van der Waals surface area (Å²) < 4.78 is 58.7. The van der Waals surface area contributed by atoms with E-state index in [0.29, 0.717) is 0 Å². The van der Waals surface area contributed by atoms with Gasteiger partial charge in [0.25, 0.3) is 0 Å². The van der Waals surface area contributed by atoms with E-state index >= 15 is 0 Å². The molecule has 1 aromatic rings. The van der Waals surface area contributed by atoms with Gasteiger partial charge in [-0.2, -0.15) is 8.42 Å². The van der Waals surface area contributed by atoms with Crippen molar-refractivity contribution >= 4 is 20.3 Å². The van der Waals surface area contributed by atoms with Crippen molar-refractivity contribution in [3.8, 4) is 5.75 Å². The molecule has 0 radical (unpaired) electrons. The van der Waals surface area contributed by atoms with Crippen molar-refractivity contribution < 1.29 is 24.9 Å². The summed E-state index contributed by atoms with van der Waals surface area (Å²) >= 11 is 0. The summed E-state index contributed by atoms with van der Waals surface area (Å²) in [5, 5.41) is 0.745. The lowest BCUT2D eigenvalue weighted by molar-refractivity contribution is 0.440. The van der Waals surface area contributed by atoms with Crippen molar-refractivity contribution in [1.29, 1.82) is 0 Å². The third-order valence-electron chi connectivity index (χ3n) is 1.57. The quantitative estimate of drug-likeness (QED) is 0.764. The maximum Gasteiger partial charge on any atom is 0.488 e. The second-order valence-corrected chi connectivity index (χ2v) is 5.51. The fourth-order valence-corrected chi connectivity index (χ4v) is 1.94. The van der Waals surface area contributed by atoms with E-state index in [1.54, 1.807) is 0 Å². The highest BCUT2D eigenvalue weighted by atomic mass is 32.3. The Labute approximate surface area is 92.5 Å². The van der Waals surface area contributed by atoms with Crippen LogP contribution in [-0.2, 0) is 20.3 Å². The van der Waals surface area contributed by atoms with E-state index in [9.17, 15) is 20.7 Å². The van der Waals surface area contributed by atoms with Gasteiger partial charge in [0.1, 0.15) is 5.75 Å². The van der Waals surface area contributed by atoms with Gasteiger partial charge in [-0.1, -0.05) is 10.5 Å². The van der Waals surface area contributed by atoms with Gasteiger partial charge in [-0.25, -0.2) is 8.42 Å². The number of hydrogen-bond acceptors (Lipinski definition) is 5. The van der Waals surface area contributed by atoms with Gasteiger partial charge < -0.3 is 4.18 Å². The molecule has 0 unspecified atom stereocenters. The molecule has 0 bridgehead atoms. The smallest absolute Gasteiger partial charge is 0.358 e. The lowest BCUT2D eigenvalue weighted by atomic mass is 10.3. The van der Waals surface area contributed by atoms with E-state index in [-0.39, 0.29) is 10.6 Å². The van der Waals surface area contributed by atoms with Crippen LogP contribution in [0.2, 0.25) is 0 Å². The minimum Gasteiger partial charge on any atom is -0.358 e. The normalized spacial score (nSPS) is 12.1. The SMILES string of the molecule is C=CS(=O)(=O)c1ccc(OS(=O)(=O)[18F])cc1. The van der Waals surface area contributed by atoms with Gasteiger partial charge in [0, 0.05) is 5.41 Å². The van der Waals surface area contributed by atoms with Crippen LogP contribution in [0.25, 0.3) is 0 Å². The van der Waals surface area contributed by atoms with Gasteiger partial charge in [0.05, 0.1) is 4.90 Å². The Bertz CT molecular complexity index is 586. The van der Waals surface area contributed by atoms with Gasteiger partial charge in [0.15, 0.2) is 9.84 Å². The molecule has 5 nitrogen and oxygen atoms in total. The standard InChI is InChI=1S/C8H7FO5S2/c1-2-15(10,11)8-5-3-7(4-6-8)14-16(9,12)13/h2-6H,1H2/i9-1. The molecule has 0 aliphatic heterocycles. The van der Waals surface area contributed by atoms with Crippen LogP contribution in [0.5, 0.6) is 5.75 Å². The van der Waals surface area contributed by atoms with Crippen molar-refractivity contribution in [3.63, 3.8) is 0 Å². The Morgan fingerprint density at radius 3 is 2.00 bits per heavy atom. The second kappa shape index (κ2) is 4.22. The predicted octanol–water partition coefficient (Wildman–Crippen LogP) is 1.20. The van der Waals surface area contributed by atoms with Crippen molar-refractivity contribution in [2.75, 3.05) is 0 Å². The molecule has 0 fully saturated rings. The highest BCUT2D eigenvalue weighted by Gasteiger charge is 2.12. The lowest BCUT2D eigenvalue weighted by Crippen LogP contribution is -2.01. The van der Waals surface area contributed by atoms with Crippen molar-refractivity contribution in [1.82, 2.24) is 0 Å². The van der Waals surface area contributed by atoms with E-state index in [2.05, 4.69) is 10.8 Å². The molecule has 0 amide bonds. The van der Waals surface area contributed by atoms with Gasteiger partial charge in [-0.15, -0.1) is 0 Å². The molecule has 0 heterocycles. The molecule has 0 aromatic heterocycles. The van der Waals surface area contributed by atoms with Crippen LogP contribution >= 0.6 is 0 Å². The summed E-state index contributed by atoms with van der Waals surface area (Å²) in [4.78, 5) is -0.0916. The molecule has 0 N–H and O–H groups in total. The van der Waals surface area contributed by atoms with E-state index in [0.717, 1.165) is 29.7 Å². The zero-order chi connectivity index (χ0) is 12.4. The fraction of sp³-hybridized carbons (Fsp3) is 0. The largest absolute Gasteiger partial charge is 0.488 e. The Morgan fingerprint density at radius 1 is 1.12 bits per heavy atom. The molecule has 0 saturated heterocycles. The Morgan fingerprint density at radius 2 is 1.62 bits per heavy atom. The Balaban J connectivity index is 3.06. The van der Waals surface area contributed by atoms with Crippen LogP contribution < -0.4 is 4.18 Å². The summed E-state index contributed by atoms with van der Waals surface area (Å²) in [7, 11) is -8.69. The first-order valence-electron chi connectivity index (χ1n) is 3.86. The van der Waals surface area contributed by atoms with E-state index in [4.69, 9.17) is 0 Å². The molecular formula is C8H7FO5S2. The monoisotopic (exact) mass is 265 g/mol. The average Bonchev–Trinajstić information content (AvgIpc) is 2.16. The molecule has 1 aromatic carbocycles. The molecule has 16 heavy (non-hydrogen) atoms. The first-order valence-corrected chi connectivity index (χ1v) is 6.72. The van der Waals surface area contributed by atoms with Gasteiger partial charge >= 0.3 is 10.5 Å². The van der Waals surface area contributed by atoms with Crippen LogP contribution in [-0.4, -0.2) is 16.8 Å². The predicted molar refractivity (Wildman–Crippen MR) is 54.5 cm³/mol. The first kappa shape index (κ1) is 12.7. The van der Waals surface area contributed by atoms with Crippen LogP contribution in [0, 0.1) is 0 Å². The topological polar surface area (TPSA) is 77.5 Å². The van der Waals surface area contributed by atoms with Crippen molar-refractivity contribution in [2.45, 2.75) is 4.90 Å². The van der Waals surface area contributed by atoms with Crippen molar-refractivity contribution in [3.05, 3.63) is 36.3 Å². The van der Waals surface area contributed by atoms with E-state index in [1.165, 1.54) is 0 Å². The molecule has 0 aliphatic rings. The number of benzene rings is 1. The summed E-state index contributed by atoms with van der Waals surface area (Å²) in [6, 6.07) is 4.20. The van der Waals surface area contributed by atoms with Crippen LogP contribution in [0.1, 0.15) is 0 Å². The zero-order valence-electron chi connectivity index (χ0n) is 7.83. The number of halogens is 1. The molecule has 1 rings (SSSR count). The van der Waals surface area contributed by atoms with E-state index < -0.39 is 20.3 Å². The minimum atomic E-state index is -5.10. The number of hydrogen-bond donors (Lipinski definition) is 0. The van der Waals surface area contributed by atoms with Gasteiger partial charge in [-0.3, -0.25) is 0 Å². The molecule has 88 valence electrons. The summed E-state index contributed by atoms with van der Waals surface area (Å²) in [5.74, 6) is -0.314. The van der Waals surface area contributed by atoms with Gasteiger partial charge in [-0.05, 0) is 24.3 Å². The van der Waals surface area contributed by atoms with Gasteiger partial charge in [0.2, 0.25) is 0 Å². The van der Waals surface area contributed by atoms with Crippen LogP contribution in [0.15, 0.2) is 41.1 Å². The Kier molecular flexibility index (Phi) is 3.34. The molecular weight excluding hydrogens is 258 g/mol. The molecule has 0 saturated carbocycles. The molecule has 0 spiro atoms. The maximum absolute atomic E-state index is 12.1. The zero-order valence-corrected chi connectivity index (χ0v) is 9.46. The minimum absolute atomic E-state index is 0.0916. The Hall–Kier alpha value is -1.41. The summed E-state index contributed by atoms with van der Waals surface area (Å²) in [5.41, 5.74) is 0. The molecule has 8 heteroatoms. The highest BCUT2D eigenvalue weighted by molar-refractivity contribution is 7.94. The average molecular weight is 265 g/mol. The van der Waals surface area contributed by atoms with Crippen LogP contribution in [0.4, 0.5) is 3.89 Å². The maximum atomic E-state index is 12.1. The fourth-order valence-electron chi connectivity index (χ4n) is 0.896. The summed E-state index contributed by atoms with van der Waals surface area (Å²) in [6.45, 7) is 3.12. The molecule has 0 atom stereocenters. The summed E-state index contributed by atoms with van der Waals surface area (Å²) in [6.07, 6.45) is 0. The van der Waals surface area contributed by atoms with Crippen molar-refractivity contribution in [2.24, 2.45) is 0 Å². The second-order valence-electron chi connectivity index (χ2n) is 2.66. The lowest BCUT2D eigenvalue weighted by Gasteiger charge is -2.01. The van der Waals surface area contributed by atoms with E-state index in [1.807, 2.05) is 0 Å². The highest BCUT2D eigenvalue weighted by Crippen LogP contribution is 2.18. The number of rotatable bonds is 4. The third-order valence-corrected chi connectivity index (χ3v) is 3.33.